The van der Waals surface area contributed by atoms with Crippen LogP contribution in [-0.2, 0) is 0 Å². The van der Waals surface area contributed by atoms with Gasteiger partial charge < -0.3 is 5.32 Å². The summed E-state index contributed by atoms with van der Waals surface area (Å²) in [6.45, 7) is 2.07. The Hall–Kier alpha value is -2.07. The van der Waals surface area contributed by atoms with Gasteiger partial charge in [-0.2, -0.15) is 0 Å². The molecule has 0 atom stereocenters. The number of anilines is 2. The quantitative estimate of drug-likeness (QED) is 0.756. The van der Waals surface area contributed by atoms with Crippen molar-refractivity contribution < 1.29 is 0 Å². The van der Waals surface area contributed by atoms with Crippen molar-refractivity contribution in [3.63, 3.8) is 0 Å². The Balaban J connectivity index is 1.97. The molecule has 100 valence electrons. The van der Waals surface area contributed by atoms with Crippen LogP contribution in [0.1, 0.15) is 5.56 Å². The van der Waals surface area contributed by atoms with Crippen LogP contribution < -0.4 is 5.32 Å². The lowest BCUT2D eigenvalue weighted by Gasteiger charge is -2.11. The van der Waals surface area contributed by atoms with Crippen LogP contribution in [0.15, 0.2) is 65.4 Å². The van der Waals surface area contributed by atoms with Crippen molar-refractivity contribution in [3.8, 4) is 5.69 Å². The van der Waals surface area contributed by atoms with E-state index in [1.165, 1.54) is 5.56 Å². The minimum absolute atomic E-state index is 0.794. The van der Waals surface area contributed by atoms with Gasteiger partial charge in [0.1, 0.15) is 0 Å². The van der Waals surface area contributed by atoms with Crippen molar-refractivity contribution in [3.05, 3.63) is 71.0 Å². The second-order valence-electron chi connectivity index (χ2n) is 4.56. The number of aryl methyl sites for hydroxylation is 1. The summed E-state index contributed by atoms with van der Waals surface area (Å²) in [5.41, 5.74) is 3.29. The molecule has 0 aliphatic carbocycles. The number of hydrogen-bond donors (Lipinski definition) is 1. The molecule has 0 saturated carbocycles. The molecule has 1 N–H and O–H groups in total. The maximum Gasteiger partial charge on any atom is 0.212 e. The van der Waals surface area contributed by atoms with Crippen molar-refractivity contribution in [2.75, 3.05) is 5.32 Å². The van der Waals surface area contributed by atoms with E-state index in [0.717, 1.165) is 21.8 Å². The minimum Gasteiger partial charge on any atom is -0.324 e. The fraction of sp³-hybridized carbons (Fsp3) is 0.0625. The number of rotatable bonds is 3. The molecular formula is C16H14BrN3. The van der Waals surface area contributed by atoms with Gasteiger partial charge in [0.25, 0.3) is 0 Å². The zero-order chi connectivity index (χ0) is 13.9. The number of para-hydroxylation sites is 1. The Kier molecular flexibility index (Phi) is 3.56. The largest absolute Gasteiger partial charge is 0.324 e. The topological polar surface area (TPSA) is 29.9 Å². The fourth-order valence-electron chi connectivity index (χ4n) is 2.05. The normalized spacial score (nSPS) is 10.5. The van der Waals surface area contributed by atoms with Gasteiger partial charge in [0.2, 0.25) is 5.95 Å². The number of nitrogens with one attached hydrogen (secondary N) is 1. The van der Waals surface area contributed by atoms with Crippen molar-refractivity contribution in [2.45, 2.75) is 6.92 Å². The third-order valence-electron chi connectivity index (χ3n) is 3.04. The molecule has 0 saturated heterocycles. The average Bonchev–Trinajstić information content (AvgIpc) is 2.92. The number of hydrogen-bond acceptors (Lipinski definition) is 2. The maximum atomic E-state index is 4.39. The molecule has 0 aliphatic heterocycles. The molecule has 3 nitrogen and oxygen atoms in total. The summed E-state index contributed by atoms with van der Waals surface area (Å²) in [6, 6.07) is 16.3. The summed E-state index contributed by atoms with van der Waals surface area (Å²) in [6.07, 6.45) is 3.74. The average molecular weight is 328 g/mol. The fourth-order valence-corrected chi connectivity index (χ4v) is 2.39. The summed E-state index contributed by atoms with van der Waals surface area (Å²) in [5.74, 6) is 0.794. The first kappa shape index (κ1) is 12.9. The molecule has 0 amide bonds. The van der Waals surface area contributed by atoms with E-state index in [1.54, 1.807) is 6.20 Å². The van der Waals surface area contributed by atoms with Crippen molar-refractivity contribution in [1.29, 1.82) is 0 Å². The molecule has 3 rings (SSSR count). The number of aromatic nitrogens is 2. The smallest absolute Gasteiger partial charge is 0.212 e. The Bertz CT molecular complexity index is 720. The van der Waals surface area contributed by atoms with E-state index in [0.29, 0.717) is 0 Å². The van der Waals surface area contributed by atoms with Gasteiger partial charge in [-0.25, -0.2) is 4.98 Å². The minimum atomic E-state index is 0.794. The second-order valence-corrected chi connectivity index (χ2v) is 5.42. The molecule has 0 fully saturated rings. The van der Waals surface area contributed by atoms with Crippen LogP contribution >= 0.6 is 15.9 Å². The van der Waals surface area contributed by atoms with E-state index in [1.807, 2.05) is 35.0 Å². The first-order valence-corrected chi connectivity index (χ1v) is 7.15. The number of imidazole rings is 1. The summed E-state index contributed by atoms with van der Waals surface area (Å²) in [4.78, 5) is 4.39. The molecule has 0 bridgehead atoms. The van der Waals surface area contributed by atoms with Gasteiger partial charge in [-0.3, -0.25) is 4.57 Å². The highest BCUT2D eigenvalue weighted by Crippen LogP contribution is 2.27. The molecule has 2 aromatic carbocycles. The van der Waals surface area contributed by atoms with E-state index in [4.69, 9.17) is 0 Å². The molecular weight excluding hydrogens is 314 g/mol. The van der Waals surface area contributed by atoms with Crippen molar-refractivity contribution in [1.82, 2.24) is 9.55 Å². The van der Waals surface area contributed by atoms with Crippen molar-refractivity contribution >= 4 is 27.6 Å². The standard InChI is InChI=1S/C16H14BrN3/c1-12-7-8-14(17)15(11-12)19-16-18-9-10-20(16)13-5-3-2-4-6-13/h2-11H,1H3,(H,18,19). The lowest BCUT2D eigenvalue weighted by atomic mass is 10.2. The van der Waals surface area contributed by atoms with E-state index in [9.17, 15) is 0 Å². The molecule has 4 heteroatoms. The zero-order valence-electron chi connectivity index (χ0n) is 11.0. The van der Waals surface area contributed by atoms with Crippen LogP contribution in [0, 0.1) is 6.92 Å². The lowest BCUT2D eigenvalue weighted by Crippen LogP contribution is -2.01. The van der Waals surface area contributed by atoms with E-state index < -0.39 is 0 Å². The summed E-state index contributed by atoms with van der Waals surface area (Å²) < 4.78 is 3.04. The van der Waals surface area contributed by atoms with Gasteiger partial charge in [0.15, 0.2) is 0 Å². The van der Waals surface area contributed by atoms with Crippen LogP contribution in [0.3, 0.4) is 0 Å². The summed E-state index contributed by atoms with van der Waals surface area (Å²) in [5, 5.41) is 3.37. The van der Waals surface area contributed by atoms with Gasteiger partial charge in [-0.15, -0.1) is 0 Å². The van der Waals surface area contributed by atoms with Gasteiger partial charge >= 0.3 is 0 Å². The Morgan fingerprint density at radius 3 is 2.70 bits per heavy atom. The summed E-state index contributed by atoms with van der Waals surface area (Å²) >= 11 is 3.56. The van der Waals surface area contributed by atoms with Gasteiger partial charge in [-0.05, 0) is 52.7 Å². The summed E-state index contributed by atoms with van der Waals surface area (Å²) in [7, 11) is 0. The molecule has 1 aromatic heterocycles. The number of benzene rings is 2. The van der Waals surface area contributed by atoms with Crippen LogP contribution in [0.4, 0.5) is 11.6 Å². The zero-order valence-corrected chi connectivity index (χ0v) is 12.6. The SMILES string of the molecule is Cc1ccc(Br)c(Nc2nccn2-c2ccccc2)c1. The number of halogens is 1. The van der Waals surface area contributed by atoms with Crippen LogP contribution in [-0.4, -0.2) is 9.55 Å². The van der Waals surface area contributed by atoms with E-state index in [2.05, 4.69) is 57.4 Å². The molecule has 0 aliphatic rings. The number of nitrogens with zero attached hydrogens (tertiary/aromatic N) is 2. The first-order valence-electron chi connectivity index (χ1n) is 6.36. The molecule has 3 aromatic rings. The lowest BCUT2D eigenvalue weighted by molar-refractivity contribution is 1.06. The maximum absolute atomic E-state index is 4.39. The molecule has 1 heterocycles. The highest BCUT2D eigenvalue weighted by atomic mass is 79.9. The third-order valence-corrected chi connectivity index (χ3v) is 3.73. The first-order chi connectivity index (χ1) is 9.74. The molecule has 20 heavy (non-hydrogen) atoms. The molecule has 0 radical (unpaired) electrons. The Labute approximate surface area is 126 Å². The molecule has 0 unspecified atom stereocenters. The second kappa shape index (κ2) is 5.51. The van der Waals surface area contributed by atoms with Crippen LogP contribution in [0.2, 0.25) is 0 Å². The predicted octanol–water partition coefficient (Wildman–Crippen LogP) is 4.69. The van der Waals surface area contributed by atoms with Crippen molar-refractivity contribution in [2.24, 2.45) is 0 Å². The highest BCUT2D eigenvalue weighted by Gasteiger charge is 2.07. The third kappa shape index (κ3) is 2.60. The Morgan fingerprint density at radius 1 is 1.10 bits per heavy atom. The predicted molar refractivity (Wildman–Crippen MR) is 85.7 cm³/mol. The van der Waals surface area contributed by atoms with Gasteiger partial charge in [0.05, 0.1) is 5.69 Å². The molecule has 0 spiro atoms. The van der Waals surface area contributed by atoms with Gasteiger partial charge in [0, 0.05) is 22.6 Å². The monoisotopic (exact) mass is 327 g/mol. The van der Waals surface area contributed by atoms with Crippen LogP contribution in [0.25, 0.3) is 5.69 Å². The van der Waals surface area contributed by atoms with E-state index in [-0.39, 0.29) is 0 Å². The Morgan fingerprint density at radius 2 is 1.90 bits per heavy atom. The highest BCUT2D eigenvalue weighted by molar-refractivity contribution is 9.10. The van der Waals surface area contributed by atoms with Gasteiger partial charge in [-0.1, -0.05) is 24.3 Å². The van der Waals surface area contributed by atoms with E-state index >= 15 is 0 Å². The van der Waals surface area contributed by atoms with Crippen LogP contribution in [0.5, 0.6) is 0 Å².